The van der Waals surface area contributed by atoms with Crippen LogP contribution in [-0.2, 0) is 0 Å². The van der Waals surface area contributed by atoms with Gasteiger partial charge in [0.2, 0.25) is 5.95 Å². The molecule has 0 radical (unpaired) electrons. The van der Waals surface area contributed by atoms with Crippen molar-refractivity contribution in [2.45, 2.75) is 13.0 Å². The summed E-state index contributed by atoms with van der Waals surface area (Å²) in [5.41, 5.74) is 1.16. The Kier molecular flexibility index (Phi) is 3.02. The molecule has 0 unspecified atom stereocenters. The molecule has 0 aliphatic carbocycles. The highest BCUT2D eigenvalue weighted by Crippen LogP contribution is 2.19. The smallest absolute Gasteiger partial charge is 0.210 e. The molecule has 0 spiro atoms. The highest BCUT2D eigenvalue weighted by Gasteiger charge is 2.19. The van der Waals surface area contributed by atoms with Crippen molar-refractivity contribution in [3.05, 3.63) is 42.7 Å². The zero-order chi connectivity index (χ0) is 12.4. The van der Waals surface area contributed by atoms with Gasteiger partial charge in [0.15, 0.2) is 0 Å². The number of aromatic nitrogens is 2. The average Bonchev–Trinajstić information content (AvgIpc) is 2.89. The molecule has 1 atom stereocenters. The second kappa shape index (κ2) is 4.82. The minimum Gasteiger partial charge on any atom is -0.339 e. The van der Waals surface area contributed by atoms with Crippen LogP contribution in [0.2, 0.25) is 0 Å². The summed E-state index contributed by atoms with van der Waals surface area (Å²) >= 11 is 0. The molecule has 3 rings (SSSR count). The number of para-hydroxylation sites is 1. The monoisotopic (exact) mass is 242 g/mol. The van der Waals surface area contributed by atoms with Gasteiger partial charge in [0, 0.05) is 43.8 Å². The highest BCUT2D eigenvalue weighted by molar-refractivity contribution is 5.44. The van der Waals surface area contributed by atoms with Gasteiger partial charge in [-0.15, -0.1) is 0 Å². The van der Waals surface area contributed by atoms with Crippen molar-refractivity contribution >= 4 is 5.95 Å². The Labute approximate surface area is 107 Å². The Bertz CT molecular complexity index is 506. The van der Waals surface area contributed by atoms with Crippen molar-refractivity contribution in [3.8, 4) is 5.69 Å². The molecule has 0 bridgehead atoms. The van der Waals surface area contributed by atoms with E-state index in [9.17, 15) is 0 Å². The number of nitrogens with one attached hydrogen (secondary N) is 1. The Hall–Kier alpha value is -1.81. The first kappa shape index (κ1) is 11.3. The van der Waals surface area contributed by atoms with Crippen LogP contribution in [0.4, 0.5) is 5.95 Å². The van der Waals surface area contributed by atoms with Crippen LogP contribution in [0, 0.1) is 0 Å². The Balaban J connectivity index is 1.92. The van der Waals surface area contributed by atoms with Crippen molar-refractivity contribution in [2.24, 2.45) is 0 Å². The van der Waals surface area contributed by atoms with Crippen LogP contribution < -0.4 is 10.2 Å². The highest BCUT2D eigenvalue weighted by atomic mass is 15.3. The molecular formula is C14H18N4. The predicted octanol–water partition coefficient (Wildman–Crippen LogP) is 1.67. The van der Waals surface area contributed by atoms with E-state index in [1.807, 2.05) is 18.5 Å². The van der Waals surface area contributed by atoms with Gasteiger partial charge in [-0.1, -0.05) is 18.2 Å². The number of benzene rings is 1. The van der Waals surface area contributed by atoms with E-state index in [1.165, 1.54) is 0 Å². The lowest BCUT2D eigenvalue weighted by Crippen LogP contribution is -2.50. The van der Waals surface area contributed by atoms with Gasteiger partial charge >= 0.3 is 0 Å². The molecular weight excluding hydrogens is 224 g/mol. The Morgan fingerprint density at radius 3 is 2.89 bits per heavy atom. The summed E-state index contributed by atoms with van der Waals surface area (Å²) < 4.78 is 2.15. The third-order valence-corrected chi connectivity index (χ3v) is 3.31. The van der Waals surface area contributed by atoms with E-state index in [4.69, 9.17) is 0 Å². The first-order chi connectivity index (χ1) is 8.84. The van der Waals surface area contributed by atoms with Crippen LogP contribution in [0.25, 0.3) is 5.69 Å². The number of imidazole rings is 1. The molecule has 1 aromatic heterocycles. The number of hydrogen-bond donors (Lipinski definition) is 1. The van der Waals surface area contributed by atoms with Gasteiger partial charge in [0.25, 0.3) is 0 Å². The summed E-state index contributed by atoms with van der Waals surface area (Å²) in [7, 11) is 0. The van der Waals surface area contributed by atoms with Crippen LogP contribution in [0.1, 0.15) is 6.92 Å². The molecule has 4 nitrogen and oxygen atoms in total. The van der Waals surface area contributed by atoms with E-state index < -0.39 is 0 Å². The SMILES string of the molecule is C[C@H]1CN(c2nccn2-c2ccccc2)CCN1. The fourth-order valence-corrected chi connectivity index (χ4v) is 2.43. The molecule has 1 saturated heterocycles. The fourth-order valence-electron chi connectivity index (χ4n) is 2.43. The Morgan fingerprint density at radius 1 is 1.28 bits per heavy atom. The van der Waals surface area contributed by atoms with Gasteiger partial charge in [0.1, 0.15) is 0 Å². The number of nitrogens with zero attached hydrogens (tertiary/aromatic N) is 3. The summed E-state index contributed by atoms with van der Waals surface area (Å²) in [6.45, 7) is 5.24. The topological polar surface area (TPSA) is 33.1 Å². The molecule has 1 fully saturated rings. The maximum atomic E-state index is 4.51. The average molecular weight is 242 g/mol. The van der Waals surface area contributed by atoms with Gasteiger partial charge in [-0.2, -0.15) is 0 Å². The predicted molar refractivity (Wildman–Crippen MR) is 73.2 cm³/mol. The second-order valence-corrected chi connectivity index (χ2v) is 4.73. The quantitative estimate of drug-likeness (QED) is 0.869. The lowest BCUT2D eigenvalue weighted by molar-refractivity contribution is 0.478. The number of rotatable bonds is 2. The third-order valence-electron chi connectivity index (χ3n) is 3.31. The molecule has 1 aliphatic heterocycles. The van der Waals surface area contributed by atoms with E-state index in [1.54, 1.807) is 0 Å². The lowest BCUT2D eigenvalue weighted by Gasteiger charge is -2.32. The van der Waals surface area contributed by atoms with E-state index in [-0.39, 0.29) is 0 Å². The fraction of sp³-hybridized carbons (Fsp3) is 0.357. The maximum Gasteiger partial charge on any atom is 0.210 e. The zero-order valence-electron chi connectivity index (χ0n) is 10.6. The molecule has 2 aromatic rings. The zero-order valence-corrected chi connectivity index (χ0v) is 10.6. The minimum absolute atomic E-state index is 0.514. The number of anilines is 1. The minimum atomic E-state index is 0.514. The van der Waals surface area contributed by atoms with Gasteiger partial charge in [-0.3, -0.25) is 4.57 Å². The third kappa shape index (κ3) is 2.11. The van der Waals surface area contributed by atoms with Crippen molar-refractivity contribution < 1.29 is 0 Å². The van der Waals surface area contributed by atoms with Crippen molar-refractivity contribution in [1.29, 1.82) is 0 Å². The summed E-state index contributed by atoms with van der Waals surface area (Å²) in [5, 5.41) is 3.45. The molecule has 1 N–H and O–H groups in total. The number of hydrogen-bond acceptors (Lipinski definition) is 3. The molecule has 0 saturated carbocycles. The van der Waals surface area contributed by atoms with Gasteiger partial charge < -0.3 is 10.2 Å². The van der Waals surface area contributed by atoms with E-state index in [2.05, 4.69) is 51.0 Å². The van der Waals surface area contributed by atoms with Crippen LogP contribution in [0.3, 0.4) is 0 Å². The molecule has 18 heavy (non-hydrogen) atoms. The van der Waals surface area contributed by atoms with E-state index in [0.717, 1.165) is 31.3 Å². The van der Waals surface area contributed by atoms with Crippen LogP contribution >= 0.6 is 0 Å². The second-order valence-electron chi connectivity index (χ2n) is 4.73. The Morgan fingerprint density at radius 2 is 2.11 bits per heavy atom. The summed E-state index contributed by atoms with van der Waals surface area (Å²) in [5.74, 6) is 1.04. The number of piperazine rings is 1. The molecule has 4 heteroatoms. The molecule has 94 valence electrons. The standard InChI is InChI=1S/C14H18N4/c1-12-11-17(9-7-15-12)14-16-8-10-18(14)13-5-3-2-4-6-13/h2-6,8,10,12,15H,7,9,11H2,1H3/t12-/m0/s1. The van der Waals surface area contributed by atoms with E-state index >= 15 is 0 Å². The van der Waals surface area contributed by atoms with Gasteiger partial charge in [-0.05, 0) is 19.1 Å². The molecule has 1 aromatic carbocycles. The summed E-state index contributed by atoms with van der Waals surface area (Å²) in [6.07, 6.45) is 3.90. The van der Waals surface area contributed by atoms with Crippen LogP contribution in [0.15, 0.2) is 42.7 Å². The van der Waals surface area contributed by atoms with Gasteiger partial charge in [-0.25, -0.2) is 4.98 Å². The molecule has 1 aliphatic rings. The van der Waals surface area contributed by atoms with Crippen molar-refractivity contribution in [1.82, 2.24) is 14.9 Å². The first-order valence-electron chi connectivity index (χ1n) is 6.42. The maximum absolute atomic E-state index is 4.51. The largest absolute Gasteiger partial charge is 0.339 e. The van der Waals surface area contributed by atoms with Gasteiger partial charge in [0.05, 0.1) is 0 Å². The van der Waals surface area contributed by atoms with Crippen LogP contribution in [-0.4, -0.2) is 35.2 Å². The molecule has 2 heterocycles. The normalized spacial score (nSPS) is 20.1. The summed E-state index contributed by atoms with van der Waals surface area (Å²) in [4.78, 5) is 6.85. The van der Waals surface area contributed by atoms with Crippen molar-refractivity contribution in [2.75, 3.05) is 24.5 Å². The lowest BCUT2D eigenvalue weighted by atomic mass is 10.2. The first-order valence-corrected chi connectivity index (χ1v) is 6.42. The van der Waals surface area contributed by atoms with E-state index in [0.29, 0.717) is 6.04 Å². The summed E-state index contributed by atoms with van der Waals surface area (Å²) in [6, 6.07) is 10.9. The molecule has 0 amide bonds. The van der Waals surface area contributed by atoms with Crippen LogP contribution in [0.5, 0.6) is 0 Å². The van der Waals surface area contributed by atoms with Crippen molar-refractivity contribution in [3.63, 3.8) is 0 Å².